The maximum absolute atomic E-state index is 13.5. The zero-order valence-corrected chi connectivity index (χ0v) is 10.4. The van der Waals surface area contributed by atoms with Gasteiger partial charge in [0.1, 0.15) is 11.6 Å². The van der Waals surface area contributed by atoms with Crippen molar-refractivity contribution in [1.29, 1.82) is 0 Å². The maximum Gasteiger partial charge on any atom is 0.189 e. The first kappa shape index (κ1) is 13.1. The van der Waals surface area contributed by atoms with E-state index in [9.17, 15) is 13.6 Å². The van der Waals surface area contributed by atoms with Gasteiger partial charge in [-0.25, -0.2) is 8.78 Å². The monoisotopic (exact) mass is 258 g/mol. The molecule has 0 heterocycles. The van der Waals surface area contributed by atoms with E-state index in [0.29, 0.717) is 5.57 Å². The number of allylic oxidation sites excluding steroid dienone is 2. The van der Waals surface area contributed by atoms with E-state index in [1.54, 1.807) is 6.92 Å². The molecule has 0 N–H and O–H groups in total. The second-order valence-corrected chi connectivity index (χ2v) is 4.18. The number of hydrogen-bond acceptors (Lipinski definition) is 1. The fourth-order valence-electron chi connectivity index (χ4n) is 1.75. The van der Waals surface area contributed by atoms with Crippen LogP contribution in [0.2, 0.25) is 0 Å². The highest BCUT2D eigenvalue weighted by atomic mass is 19.1. The molecular formula is C16H12F2O. The van der Waals surface area contributed by atoms with Gasteiger partial charge in [0.2, 0.25) is 0 Å². The fraction of sp³-hybridized carbons (Fsp3) is 0.0625. The van der Waals surface area contributed by atoms with Crippen LogP contribution in [0.5, 0.6) is 0 Å². The van der Waals surface area contributed by atoms with Crippen LogP contribution in [-0.4, -0.2) is 5.78 Å². The first-order valence-corrected chi connectivity index (χ1v) is 5.81. The van der Waals surface area contributed by atoms with Crippen LogP contribution in [0.3, 0.4) is 0 Å². The number of ketones is 1. The van der Waals surface area contributed by atoms with Crippen LogP contribution in [0.15, 0.2) is 54.6 Å². The van der Waals surface area contributed by atoms with Crippen molar-refractivity contribution in [1.82, 2.24) is 0 Å². The Bertz CT molecular complexity index is 630. The SMILES string of the molecule is CC(=CC(=O)c1cc(F)ccc1F)c1ccccc1. The van der Waals surface area contributed by atoms with Crippen LogP contribution < -0.4 is 0 Å². The summed E-state index contributed by atoms with van der Waals surface area (Å²) in [5, 5.41) is 0. The summed E-state index contributed by atoms with van der Waals surface area (Å²) in [7, 11) is 0. The Morgan fingerprint density at radius 1 is 1.05 bits per heavy atom. The van der Waals surface area contributed by atoms with Crippen molar-refractivity contribution < 1.29 is 13.6 Å². The lowest BCUT2D eigenvalue weighted by Gasteiger charge is -2.02. The van der Waals surface area contributed by atoms with E-state index in [0.717, 1.165) is 23.8 Å². The zero-order chi connectivity index (χ0) is 13.8. The lowest BCUT2D eigenvalue weighted by atomic mass is 10.0. The van der Waals surface area contributed by atoms with Gasteiger partial charge in [-0.05, 0) is 42.3 Å². The number of carbonyl (C=O) groups is 1. The summed E-state index contributed by atoms with van der Waals surface area (Å²) in [6.07, 6.45) is 1.31. The molecule has 0 aliphatic rings. The molecule has 0 unspecified atom stereocenters. The first-order valence-electron chi connectivity index (χ1n) is 5.81. The van der Waals surface area contributed by atoms with Gasteiger partial charge in [0.05, 0.1) is 5.56 Å². The number of carbonyl (C=O) groups excluding carboxylic acids is 1. The maximum atomic E-state index is 13.5. The molecule has 2 aromatic carbocycles. The molecule has 0 amide bonds. The van der Waals surface area contributed by atoms with Crippen molar-refractivity contribution in [2.24, 2.45) is 0 Å². The molecule has 0 fully saturated rings. The van der Waals surface area contributed by atoms with E-state index in [-0.39, 0.29) is 5.56 Å². The van der Waals surface area contributed by atoms with E-state index < -0.39 is 17.4 Å². The van der Waals surface area contributed by atoms with Gasteiger partial charge in [-0.2, -0.15) is 0 Å². The molecule has 3 heteroatoms. The van der Waals surface area contributed by atoms with E-state index in [1.807, 2.05) is 30.3 Å². The van der Waals surface area contributed by atoms with Gasteiger partial charge in [0, 0.05) is 0 Å². The van der Waals surface area contributed by atoms with Crippen LogP contribution in [0.1, 0.15) is 22.8 Å². The third-order valence-electron chi connectivity index (χ3n) is 2.77. The summed E-state index contributed by atoms with van der Waals surface area (Å²) in [4.78, 5) is 11.9. The van der Waals surface area contributed by atoms with E-state index in [2.05, 4.69) is 0 Å². The van der Waals surface area contributed by atoms with Gasteiger partial charge >= 0.3 is 0 Å². The molecule has 0 bridgehead atoms. The van der Waals surface area contributed by atoms with Gasteiger partial charge in [0.15, 0.2) is 5.78 Å². The number of benzene rings is 2. The molecule has 0 aromatic heterocycles. The Balaban J connectivity index is 2.33. The van der Waals surface area contributed by atoms with Crippen molar-refractivity contribution in [2.75, 3.05) is 0 Å². The quantitative estimate of drug-likeness (QED) is 0.594. The van der Waals surface area contributed by atoms with Crippen molar-refractivity contribution in [3.8, 4) is 0 Å². The summed E-state index contributed by atoms with van der Waals surface area (Å²) in [5.74, 6) is -1.89. The van der Waals surface area contributed by atoms with Crippen LogP contribution in [0.25, 0.3) is 5.57 Å². The Hall–Kier alpha value is -2.29. The zero-order valence-electron chi connectivity index (χ0n) is 10.4. The van der Waals surface area contributed by atoms with Gasteiger partial charge < -0.3 is 0 Å². The predicted octanol–water partition coefficient (Wildman–Crippen LogP) is 4.25. The normalized spacial score (nSPS) is 11.4. The third kappa shape index (κ3) is 3.13. The standard InChI is InChI=1S/C16H12F2O/c1-11(12-5-3-2-4-6-12)9-16(19)14-10-13(17)7-8-15(14)18/h2-10H,1H3. The molecule has 1 nitrogen and oxygen atoms in total. The highest BCUT2D eigenvalue weighted by Crippen LogP contribution is 2.16. The average Bonchev–Trinajstić information content (AvgIpc) is 2.42. The van der Waals surface area contributed by atoms with Crippen molar-refractivity contribution >= 4 is 11.4 Å². The molecule has 0 radical (unpaired) electrons. The lowest BCUT2D eigenvalue weighted by Crippen LogP contribution is -2.00. The summed E-state index contributed by atoms with van der Waals surface area (Å²) in [6, 6.07) is 12.1. The predicted molar refractivity (Wildman–Crippen MR) is 70.8 cm³/mol. The van der Waals surface area contributed by atoms with E-state index >= 15 is 0 Å². The molecule has 96 valence electrons. The highest BCUT2D eigenvalue weighted by molar-refractivity contribution is 6.08. The van der Waals surface area contributed by atoms with Crippen LogP contribution in [-0.2, 0) is 0 Å². The van der Waals surface area contributed by atoms with Gasteiger partial charge in [-0.15, -0.1) is 0 Å². The number of halogens is 2. The van der Waals surface area contributed by atoms with Crippen LogP contribution in [0.4, 0.5) is 8.78 Å². The van der Waals surface area contributed by atoms with Gasteiger partial charge in [-0.3, -0.25) is 4.79 Å². The Morgan fingerprint density at radius 2 is 1.74 bits per heavy atom. The Kier molecular flexibility index (Phi) is 3.85. The van der Waals surface area contributed by atoms with Crippen LogP contribution >= 0.6 is 0 Å². The van der Waals surface area contributed by atoms with Gasteiger partial charge in [0.25, 0.3) is 0 Å². The molecule has 0 aliphatic carbocycles. The molecule has 2 rings (SSSR count). The van der Waals surface area contributed by atoms with E-state index in [1.165, 1.54) is 6.08 Å². The largest absolute Gasteiger partial charge is 0.289 e. The summed E-state index contributed by atoms with van der Waals surface area (Å²) < 4.78 is 26.5. The molecule has 2 aromatic rings. The summed E-state index contributed by atoms with van der Waals surface area (Å²) in [5.41, 5.74) is 1.32. The van der Waals surface area contributed by atoms with Crippen molar-refractivity contribution in [2.45, 2.75) is 6.92 Å². The number of rotatable bonds is 3. The third-order valence-corrected chi connectivity index (χ3v) is 2.77. The minimum absolute atomic E-state index is 0.254. The second-order valence-electron chi connectivity index (χ2n) is 4.18. The summed E-state index contributed by atoms with van der Waals surface area (Å²) in [6.45, 7) is 1.75. The molecule has 0 atom stereocenters. The van der Waals surface area contributed by atoms with Crippen molar-refractivity contribution in [3.05, 3.63) is 77.4 Å². The summed E-state index contributed by atoms with van der Waals surface area (Å²) >= 11 is 0. The molecule has 19 heavy (non-hydrogen) atoms. The molecule has 0 spiro atoms. The molecular weight excluding hydrogens is 246 g/mol. The minimum atomic E-state index is -0.719. The number of hydrogen-bond donors (Lipinski definition) is 0. The highest BCUT2D eigenvalue weighted by Gasteiger charge is 2.11. The molecule has 0 aliphatic heterocycles. The Morgan fingerprint density at radius 3 is 2.42 bits per heavy atom. The average molecular weight is 258 g/mol. The fourth-order valence-corrected chi connectivity index (χ4v) is 1.75. The smallest absolute Gasteiger partial charge is 0.189 e. The molecule has 0 saturated carbocycles. The van der Waals surface area contributed by atoms with Crippen LogP contribution in [0, 0.1) is 11.6 Å². The first-order chi connectivity index (χ1) is 9.08. The molecule has 0 saturated heterocycles. The lowest BCUT2D eigenvalue weighted by molar-refractivity contribution is 0.104. The van der Waals surface area contributed by atoms with Crippen molar-refractivity contribution in [3.63, 3.8) is 0 Å². The van der Waals surface area contributed by atoms with Gasteiger partial charge in [-0.1, -0.05) is 30.3 Å². The topological polar surface area (TPSA) is 17.1 Å². The minimum Gasteiger partial charge on any atom is -0.289 e. The van der Waals surface area contributed by atoms with E-state index in [4.69, 9.17) is 0 Å². The second kappa shape index (κ2) is 5.57. The Labute approximate surface area is 110 Å².